The van der Waals surface area contributed by atoms with Crippen LogP contribution in [0.5, 0.6) is 17.4 Å². The highest BCUT2D eigenvalue weighted by atomic mass is 19.4. The van der Waals surface area contributed by atoms with Gasteiger partial charge in [-0.3, -0.25) is 4.79 Å². The third-order valence-corrected chi connectivity index (χ3v) is 3.74. The molecule has 0 aliphatic carbocycles. The Morgan fingerprint density at radius 2 is 1.93 bits per heavy atom. The molecule has 1 amide bonds. The average Bonchev–Trinajstić information content (AvgIpc) is 2.65. The van der Waals surface area contributed by atoms with Crippen LogP contribution in [-0.2, 0) is 9.53 Å². The van der Waals surface area contributed by atoms with E-state index in [4.69, 9.17) is 14.2 Å². The van der Waals surface area contributed by atoms with Crippen molar-refractivity contribution in [1.82, 2.24) is 4.98 Å². The first-order valence-electron chi connectivity index (χ1n) is 8.55. The Kier molecular flexibility index (Phi) is 7.27. The number of carbonyl (C=O) groups excluding carboxylic acids is 1. The highest BCUT2D eigenvalue weighted by Gasteiger charge is 2.31. The van der Waals surface area contributed by atoms with E-state index in [9.17, 15) is 18.0 Å². The molecule has 0 aliphatic heterocycles. The molecule has 29 heavy (non-hydrogen) atoms. The van der Waals surface area contributed by atoms with Gasteiger partial charge in [-0.15, -0.1) is 13.2 Å². The van der Waals surface area contributed by atoms with Gasteiger partial charge >= 0.3 is 6.36 Å². The van der Waals surface area contributed by atoms with E-state index in [1.165, 1.54) is 20.3 Å². The number of carbonyl (C=O) groups is 1. The number of nitrogens with zero attached hydrogens (tertiary/aromatic N) is 1. The molecular formula is C19H21F3N2O5. The molecule has 1 N–H and O–H groups in total. The van der Waals surface area contributed by atoms with Gasteiger partial charge in [0.1, 0.15) is 17.2 Å². The van der Waals surface area contributed by atoms with Gasteiger partial charge in [0.2, 0.25) is 11.8 Å². The van der Waals surface area contributed by atoms with Crippen LogP contribution in [0.2, 0.25) is 0 Å². The van der Waals surface area contributed by atoms with Crippen LogP contribution in [0.25, 0.3) is 11.3 Å². The molecule has 2 aromatic rings. The molecule has 0 aliphatic rings. The molecule has 0 radical (unpaired) electrons. The van der Waals surface area contributed by atoms with Crippen molar-refractivity contribution in [3.8, 4) is 28.6 Å². The SMILES string of the molecule is CCC(=O)Nc1cc(C)c(-c2ccc(OC(F)(F)F)cc2OCOC)nc1OC. The Balaban J connectivity index is 2.52. The molecule has 0 atom stereocenters. The third-order valence-electron chi connectivity index (χ3n) is 3.74. The lowest BCUT2D eigenvalue weighted by Crippen LogP contribution is -2.17. The first kappa shape index (κ1) is 22.3. The van der Waals surface area contributed by atoms with Crippen LogP contribution in [0.3, 0.4) is 0 Å². The Hall–Kier alpha value is -3.01. The van der Waals surface area contributed by atoms with Crippen LogP contribution in [0, 0.1) is 6.92 Å². The molecule has 7 nitrogen and oxygen atoms in total. The fourth-order valence-corrected chi connectivity index (χ4v) is 2.49. The number of benzene rings is 1. The minimum atomic E-state index is -4.84. The predicted octanol–water partition coefficient (Wildman–Crippen LogP) is 4.30. The second-order valence-corrected chi connectivity index (χ2v) is 5.87. The van der Waals surface area contributed by atoms with E-state index < -0.39 is 12.1 Å². The maximum absolute atomic E-state index is 12.5. The summed E-state index contributed by atoms with van der Waals surface area (Å²) in [5.74, 6) is -0.420. The highest BCUT2D eigenvalue weighted by Crippen LogP contribution is 2.38. The third kappa shape index (κ3) is 5.98. The van der Waals surface area contributed by atoms with E-state index >= 15 is 0 Å². The topological polar surface area (TPSA) is 78.9 Å². The Morgan fingerprint density at radius 1 is 1.21 bits per heavy atom. The second-order valence-electron chi connectivity index (χ2n) is 5.87. The number of hydrogen-bond donors (Lipinski definition) is 1. The number of rotatable bonds is 8. The molecule has 2 rings (SSSR count). The predicted molar refractivity (Wildman–Crippen MR) is 99.1 cm³/mol. The summed E-state index contributed by atoms with van der Waals surface area (Å²) in [4.78, 5) is 16.1. The number of aromatic nitrogens is 1. The second kappa shape index (κ2) is 9.46. The lowest BCUT2D eigenvalue weighted by atomic mass is 10.0. The van der Waals surface area contributed by atoms with Crippen molar-refractivity contribution in [3.05, 3.63) is 29.8 Å². The van der Waals surface area contributed by atoms with E-state index in [1.54, 1.807) is 19.9 Å². The summed E-state index contributed by atoms with van der Waals surface area (Å²) >= 11 is 0. The van der Waals surface area contributed by atoms with E-state index in [0.29, 0.717) is 22.5 Å². The van der Waals surface area contributed by atoms with Crippen LogP contribution in [0.15, 0.2) is 24.3 Å². The minimum absolute atomic E-state index is 0.0802. The van der Waals surface area contributed by atoms with Gasteiger partial charge in [0.25, 0.3) is 0 Å². The molecule has 1 heterocycles. The number of anilines is 1. The Labute approximate surface area is 165 Å². The molecule has 1 aromatic carbocycles. The summed E-state index contributed by atoms with van der Waals surface area (Å²) in [5, 5.41) is 2.69. The molecule has 0 saturated carbocycles. The fourth-order valence-electron chi connectivity index (χ4n) is 2.49. The summed E-state index contributed by atoms with van der Waals surface area (Å²) in [5.41, 5.74) is 1.84. The monoisotopic (exact) mass is 414 g/mol. The van der Waals surface area contributed by atoms with Gasteiger partial charge in [-0.1, -0.05) is 6.92 Å². The first-order chi connectivity index (χ1) is 13.7. The van der Waals surface area contributed by atoms with Gasteiger partial charge in [-0.25, -0.2) is 4.98 Å². The van der Waals surface area contributed by atoms with Crippen LogP contribution >= 0.6 is 0 Å². The van der Waals surface area contributed by atoms with Gasteiger partial charge < -0.3 is 24.3 Å². The van der Waals surface area contributed by atoms with Crippen LogP contribution in [-0.4, -0.2) is 38.3 Å². The summed E-state index contributed by atoms with van der Waals surface area (Å²) in [6.07, 6.45) is -4.56. The summed E-state index contributed by atoms with van der Waals surface area (Å²) in [7, 11) is 2.78. The average molecular weight is 414 g/mol. The zero-order chi connectivity index (χ0) is 21.6. The number of ether oxygens (including phenoxy) is 4. The van der Waals surface area contributed by atoms with Crippen LogP contribution < -0.4 is 19.5 Å². The van der Waals surface area contributed by atoms with Crippen LogP contribution in [0.4, 0.5) is 18.9 Å². The van der Waals surface area contributed by atoms with Gasteiger partial charge in [-0.2, -0.15) is 0 Å². The van der Waals surface area contributed by atoms with Gasteiger partial charge in [-0.05, 0) is 30.7 Å². The minimum Gasteiger partial charge on any atom is -0.479 e. The van der Waals surface area contributed by atoms with Crippen molar-refractivity contribution in [3.63, 3.8) is 0 Å². The number of halogens is 3. The largest absolute Gasteiger partial charge is 0.573 e. The maximum atomic E-state index is 12.5. The summed E-state index contributed by atoms with van der Waals surface area (Å²) < 4.78 is 57.1. The van der Waals surface area contributed by atoms with Gasteiger partial charge in [0, 0.05) is 25.2 Å². The highest BCUT2D eigenvalue weighted by molar-refractivity contribution is 5.92. The molecule has 10 heteroatoms. The molecular weight excluding hydrogens is 393 g/mol. The number of aryl methyl sites for hydroxylation is 1. The van der Waals surface area contributed by atoms with E-state index in [1.807, 2.05) is 0 Å². The molecule has 0 spiro atoms. The molecule has 0 unspecified atom stereocenters. The van der Waals surface area contributed by atoms with Crippen LogP contribution in [0.1, 0.15) is 18.9 Å². The maximum Gasteiger partial charge on any atom is 0.573 e. The number of pyridine rings is 1. The van der Waals surface area contributed by atoms with E-state index in [-0.39, 0.29) is 30.8 Å². The lowest BCUT2D eigenvalue weighted by Gasteiger charge is -2.17. The van der Waals surface area contributed by atoms with Gasteiger partial charge in [0.05, 0.1) is 12.8 Å². The number of alkyl halides is 3. The lowest BCUT2D eigenvalue weighted by molar-refractivity contribution is -0.274. The molecule has 1 aromatic heterocycles. The number of methoxy groups -OCH3 is 2. The Morgan fingerprint density at radius 3 is 2.52 bits per heavy atom. The van der Waals surface area contributed by atoms with E-state index in [2.05, 4.69) is 15.0 Å². The number of amides is 1. The van der Waals surface area contributed by atoms with Crippen molar-refractivity contribution >= 4 is 11.6 Å². The number of hydrogen-bond acceptors (Lipinski definition) is 6. The van der Waals surface area contributed by atoms with E-state index in [0.717, 1.165) is 12.1 Å². The van der Waals surface area contributed by atoms with Gasteiger partial charge in [0.15, 0.2) is 6.79 Å². The quantitative estimate of drug-likeness (QED) is 0.649. The van der Waals surface area contributed by atoms with Crippen molar-refractivity contribution in [2.45, 2.75) is 26.6 Å². The zero-order valence-electron chi connectivity index (χ0n) is 16.3. The smallest absolute Gasteiger partial charge is 0.479 e. The first-order valence-corrected chi connectivity index (χ1v) is 8.55. The molecule has 0 saturated heterocycles. The van der Waals surface area contributed by atoms with Crippen molar-refractivity contribution < 1.29 is 36.9 Å². The standard InChI is InChI=1S/C19H21F3N2O5/c1-5-16(25)23-14-8-11(2)17(24-18(14)27-4)13-7-6-12(29-19(20,21)22)9-15(13)28-10-26-3/h6-9H,5,10H2,1-4H3,(H,23,25). The molecule has 0 fully saturated rings. The Bertz CT molecular complexity index is 872. The molecule has 0 bridgehead atoms. The normalized spacial score (nSPS) is 11.1. The van der Waals surface area contributed by atoms with Crippen molar-refractivity contribution in [1.29, 1.82) is 0 Å². The molecule has 158 valence electrons. The fraction of sp³-hybridized carbons (Fsp3) is 0.368. The summed E-state index contributed by atoms with van der Waals surface area (Å²) in [6.45, 7) is 3.26. The van der Waals surface area contributed by atoms with Crippen molar-refractivity contribution in [2.24, 2.45) is 0 Å². The number of nitrogens with one attached hydrogen (secondary N) is 1. The zero-order valence-corrected chi connectivity index (χ0v) is 16.3. The summed E-state index contributed by atoms with van der Waals surface area (Å²) in [6, 6.07) is 5.31. The van der Waals surface area contributed by atoms with Crippen molar-refractivity contribution in [2.75, 3.05) is 26.3 Å².